The number of rotatable bonds is 3. The highest BCUT2D eigenvalue weighted by molar-refractivity contribution is 6.32. The minimum absolute atomic E-state index is 0.124. The van der Waals surface area contributed by atoms with Crippen molar-refractivity contribution in [3.05, 3.63) is 11.5 Å². The first-order valence-corrected chi connectivity index (χ1v) is 5.92. The zero-order chi connectivity index (χ0) is 13.3. The number of hydrogen-bond acceptors (Lipinski definition) is 7. The maximum absolute atomic E-state index is 9.84. The van der Waals surface area contributed by atoms with Crippen LogP contribution in [0.3, 0.4) is 0 Å². The van der Waals surface area contributed by atoms with Gasteiger partial charge in [0, 0.05) is 12.5 Å². The predicted octanol–water partition coefficient (Wildman–Crippen LogP) is -0.773. The van der Waals surface area contributed by atoms with E-state index in [-0.39, 0.29) is 23.4 Å². The lowest BCUT2D eigenvalue weighted by Crippen LogP contribution is -2.35. The summed E-state index contributed by atoms with van der Waals surface area (Å²) < 4.78 is 0. The highest BCUT2D eigenvalue weighted by Crippen LogP contribution is 2.30. The lowest BCUT2D eigenvalue weighted by molar-refractivity contribution is 0.00446. The van der Waals surface area contributed by atoms with E-state index in [4.69, 9.17) is 22.4 Å². The molecule has 4 unspecified atom stereocenters. The molecule has 4 atom stereocenters. The van der Waals surface area contributed by atoms with Crippen LogP contribution in [0.1, 0.15) is 6.42 Å². The van der Waals surface area contributed by atoms with Crippen LogP contribution in [0.15, 0.2) is 6.33 Å². The summed E-state index contributed by atoms with van der Waals surface area (Å²) in [5.74, 6) is -0.0547. The van der Waals surface area contributed by atoms with Gasteiger partial charge in [-0.3, -0.25) is 0 Å². The number of aromatic nitrogens is 2. The lowest BCUT2D eigenvalue weighted by Gasteiger charge is -2.19. The summed E-state index contributed by atoms with van der Waals surface area (Å²) in [5, 5.41) is 31.6. The summed E-state index contributed by atoms with van der Waals surface area (Å²) in [5.41, 5.74) is 5.88. The molecule has 1 saturated carbocycles. The molecule has 1 heterocycles. The van der Waals surface area contributed by atoms with Crippen LogP contribution in [0.5, 0.6) is 0 Å². The van der Waals surface area contributed by atoms with Crippen molar-refractivity contribution in [2.24, 2.45) is 5.92 Å². The van der Waals surface area contributed by atoms with Crippen LogP contribution in [0, 0.1) is 5.92 Å². The Morgan fingerprint density at radius 3 is 2.72 bits per heavy atom. The highest BCUT2D eigenvalue weighted by atomic mass is 35.5. The minimum Gasteiger partial charge on any atom is -0.396 e. The van der Waals surface area contributed by atoms with Crippen molar-refractivity contribution < 1.29 is 15.3 Å². The van der Waals surface area contributed by atoms with Crippen LogP contribution in [0.25, 0.3) is 0 Å². The molecule has 2 rings (SSSR count). The van der Waals surface area contributed by atoms with Crippen LogP contribution in [-0.4, -0.2) is 50.1 Å². The van der Waals surface area contributed by atoms with Gasteiger partial charge in [-0.05, 0) is 6.42 Å². The molecule has 18 heavy (non-hydrogen) atoms. The van der Waals surface area contributed by atoms with Gasteiger partial charge in [0.15, 0.2) is 11.0 Å². The second-order valence-electron chi connectivity index (χ2n) is 4.34. The average Bonchev–Trinajstić information content (AvgIpc) is 2.63. The molecular formula is C10H15ClN4O3. The van der Waals surface area contributed by atoms with E-state index in [1.165, 1.54) is 6.33 Å². The molecule has 1 aliphatic rings. The molecule has 0 bridgehead atoms. The fourth-order valence-electron chi connectivity index (χ4n) is 2.11. The summed E-state index contributed by atoms with van der Waals surface area (Å²) >= 11 is 5.75. The number of nitrogen functional groups attached to an aromatic ring is 1. The van der Waals surface area contributed by atoms with E-state index in [9.17, 15) is 10.2 Å². The number of aliphatic hydroxyl groups is 3. The topological polar surface area (TPSA) is 125 Å². The standard InChI is InChI=1S/C10H15ClN4O3/c11-9-6(12)10(14-3-13-9)15-5-1-4(2-16)7(17)8(5)18/h3-5,7-8,16-18H,1-2,12H2,(H,13,14,15). The van der Waals surface area contributed by atoms with Crippen molar-refractivity contribution in [3.8, 4) is 0 Å². The molecule has 6 N–H and O–H groups in total. The van der Waals surface area contributed by atoms with Gasteiger partial charge in [0.1, 0.15) is 18.1 Å². The number of nitrogens with zero attached hydrogens (tertiary/aromatic N) is 2. The van der Waals surface area contributed by atoms with Gasteiger partial charge in [0.25, 0.3) is 0 Å². The first kappa shape index (κ1) is 13.3. The largest absolute Gasteiger partial charge is 0.396 e. The van der Waals surface area contributed by atoms with Gasteiger partial charge in [-0.15, -0.1) is 0 Å². The van der Waals surface area contributed by atoms with Crippen LogP contribution in [0.4, 0.5) is 11.5 Å². The minimum atomic E-state index is -0.990. The van der Waals surface area contributed by atoms with Gasteiger partial charge in [0.05, 0.1) is 12.1 Å². The number of anilines is 2. The van der Waals surface area contributed by atoms with E-state index >= 15 is 0 Å². The molecule has 0 aromatic carbocycles. The SMILES string of the molecule is Nc1c(Cl)ncnc1NC1CC(CO)C(O)C1O. The third-order valence-electron chi connectivity index (χ3n) is 3.19. The fraction of sp³-hybridized carbons (Fsp3) is 0.600. The molecule has 0 saturated heterocycles. The smallest absolute Gasteiger partial charge is 0.157 e. The van der Waals surface area contributed by atoms with E-state index in [1.54, 1.807) is 0 Å². The van der Waals surface area contributed by atoms with Gasteiger partial charge < -0.3 is 26.4 Å². The number of hydrogen-bond donors (Lipinski definition) is 5. The zero-order valence-electron chi connectivity index (χ0n) is 9.49. The van der Waals surface area contributed by atoms with Crippen molar-refractivity contribution in [3.63, 3.8) is 0 Å². The Bertz CT molecular complexity index is 434. The maximum atomic E-state index is 9.84. The van der Waals surface area contributed by atoms with Gasteiger partial charge in [-0.1, -0.05) is 11.6 Å². The quantitative estimate of drug-likeness (QED) is 0.458. The molecule has 1 fully saturated rings. The molecule has 8 heteroatoms. The van der Waals surface area contributed by atoms with E-state index in [0.29, 0.717) is 12.2 Å². The maximum Gasteiger partial charge on any atom is 0.157 e. The molecule has 1 aromatic heterocycles. The summed E-state index contributed by atoms with van der Waals surface area (Å²) in [6.45, 7) is -0.184. The van der Waals surface area contributed by atoms with Crippen molar-refractivity contribution in [2.75, 3.05) is 17.7 Å². The molecule has 7 nitrogen and oxygen atoms in total. The summed E-state index contributed by atoms with van der Waals surface area (Å²) in [4.78, 5) is 7.64. The first-order valence-electron chi connectivity index (χ1n) is 5.54. The summed E-state index contributed by atoms with van der Waals surface area (Å²) in [6.07, 6.45) is -0.288. The number of nitrogens with two attached hydrogens (primary N) is 1. The van der Waals surface area contributed by atoms with E-state index in [0.717, 1.165) is 0 Å². The van der Waals surface area contributed by atoms with Gasteiger partial charge in [-0.25, -0.2) is 9.97 Å². The first-order chi connectivity index (χ1) is 8.54. The van der Waals surface area contributed by atoms with Crippen LogP contribution in [0.2, 0.25) is 5.15 Å². The molecule has 1 aliphatic carbocycles. The number of halogens is 1. The van der Waals surface area contributed by atoms with Gasteiger partial charge in [-0.2, -0.15) is 0 Å². The lowest BCUT2D eigenvalue weighted by atomic mass is 10.1. The van der Waals surface area contributed by atoms with Crippen LogP contribution in [-0.2, 0) is 0 Å². The van der Waals surface area contributed by atoms with E-state index in [1.807, 2.05) is 0 Å². The Labute approximate surface area is 109 Å². The molecule has 0 radical (unpaired) electrons. The van der Waals surface area contributed by atoms with E-state index in [2.05, 4.69) is 15.3 Å². The fourth-order valence-corrected chi connectivity index (χ4v) is 2.25. The summed E-state index contributed by atoms with van der Waals surface area (Å²) in [7, 11) is 0. The van der Waals surface area contributed by atoms with Crippen molar-refractivity contribution in [1.29, 1.82) is 0 Å². The van der Waals surface area contributed by atoms with E-state index < -0.39 is 18.2 Å². The normalized spacial score (nSPS) is 31.6. The molecule has 100 valence electrons. The molecule has 0 aliphatic heterocycles. The van der Waals surface area contributed by atoms with Crippen molar-refractivity contribution in [2.45, 2.75) is 24.7 Å². The Hall–Kier alpha value is -1.15. The van der Waals surface area contributed by atoms with Crippen molar-refractivity contribution >= 4 is 23.1 Å². The molecule has 0 amide bonds. The Morgan fingerprint density at radius 2 is 2.11 bits per heavy atom. The Morgan fingerprint density at radius 1 is 1.39 bits per heavy atom. The van der Waals surface area contributed by atoms with Gasteiger partial charge >= 0.3 is 0 Å². The van der Waals surface area contributed by atoms with Crippen LogP contribution < -0.4 is 11.1 Å². The third kappa shape index (κ3) is 2.35. The third-order valence-corrected chi connectivity index (χ3v) is 3.49. The second kappa shape index (κ2) is 5.23. The monoisotopic (exact) mass is 274 g/mol. The number of aliphatic hydroxyl groups excluding tert-OH is 3. The Balaban J connectivity index is 2.13. The molecule has 1 aromatic rings. The second-order valence-corrected chi connectivity index (χ2v) is 4.70. The number of nitrogens with one attached hydrogen (secondary N) is 1. The average molecular weight is 275 g/mol. The Kier molecular flexibility index (Phi) is 3.86. The molecule has 0 spiro atoms. The predicted molar refractivity (Wildman–Crippen MR) is 66.1 cm³/mol. The van der Waals surface area contributed by atoms with Gasteiger partial charge in [0.2, 0.25) is 0 Å². The molecular weight excluding hydrogens is 260 g/mol. The van der Waals surface area contributed by atoms with Crippen LogP contribution >= 0.6 is 11.6 Å². The van der Waals surface area contributed by atoms with Crippen molar-refractivity contribution in [1.82, 2.24) is 9.97 Å². The zero-order valence-corrected chi connectivity index (χ0v) is 10.2. The summed E-state index contributed by atoms with van der Waals surface area (Å²) in [6, 6.07) is -0.439. The highest BCUT2D eigenvalue weighted by Gasteiger charge is 2.41.